The Bertz CT molecular complexity index is 647. The minimum absolute atomic E-state index is 0.378. The summed E-state index contributed by atoms with van der Waals surface area (Å²) in [6, 6.07) is 6.41. The number of oxime groups is 1. The van der Waals surface area contributed by atoms with Gasteiger partial charge in [-0.25, -0.2) is 4.79 Å². The van der Waals surface area contributed by atoms with Crippen molar-refractivity contribution in [2.45, 2.75) is 0 Å². The molecule has 0 spiro atoms. The second-order valence-corrected chi connectivity index (χ2v) is 4.56. The lowest BCUT2D eigenvalue weighted by Crippen LogP contribution is -2.28. The van der Waals surface area contributed by atoms with Crippen LogP contribution in [0, 0.1) is 0 Å². The first-order valence-electron chi connectivity index (χ1n) is 5.95. The van der Waals surface area contributed by atoms with Crippen molar-refractivity contribution in [2.75, 3.05) is 5.32 Å². The Balaban J connectivity index is 1.96. The van der Waals surface area contributed by atoms with Gasteiger partial charge in [-0.15, -0.1) is 5.90 Å². The van der Waals surface area contributed by atoms with Crippen molar-refractivity contribution in [2.24, 2.45) is 11.1 Å². The van der Waals surface area contributed by atoms with Gasteiger partial charge in [0.15, 0.2) is 0 Å². The van der Waals surface area contributed by atoms with E-state index in [0.29, 0.717) is 27.7 Å². The van der Waals surface area contributed by atoms with E-state index in [-0.39, 0.29) is 6.03 Å². The first-order chi connectivity index (χ1) is 10.1. The number of anilines is 1. The molecule has 0 aromatic heterocycles. The summed E-state index contributed by atoms with van der Waals surface area (Å²) < 4.78 is 0. The van der Waals surface area contributed by atoms with Crippen LogP contribution >= 0.6 is 11.6 Å². The lowest BCUT2D eigenvalue weighted by atomic mass is 10.1. The number of urea groups is 1. The summed E-state index contributed by atoms with van der Waals surface area (Å²) in [4.78, 5) is 16.0. The molecule has 108 valence electrons. The standard InChI is InChI=1S/C14H13ClN4O2/c1-9-8-12(6-7-13(9)19-21-16)18-14(20)17-11-4-2-10(15)3-5-11/h2-8H,1,16H2,(H2,17,18,20)/b19-13-. The van der Waals surface area contributed by atoms with Crippen molar-refractivity contribution in [3.05, 3.63) is 65.4 Å². The zero-order valence-corrected chi connectivity index (χ0v) is 11.7. The van der Waals surface area contributed by atoms with Gasteiger partial charge in [-0.05, 0) is 48.1 Å². The zero-order chi connectivity index (χ0) is 15.2. The maximum absolute atomic E-state index is 11.8. The summed E-state index contributed by atoms with van der Waals surface area (Å²) in [7, 11) is 0. The number of halogens is 1. The summed E-state index contributed by atoms with van der Waals surface area (Å²) in [6.45, 7) is 3.79. The molecule has 1 aliphatic rings. The quantitative estimate of drug-likeness (QED) is 0.750. The molecule has 0 fully saturated rings. The summed E-state index contributed by atoms with van der Waals surface area (Å²) >= 11 is 5.77. The smallest absolute Gasteiger partial charge is 0.308 e. The SMILES string of the molecule is C=C1C=C(NC(=O)Nc2ccc(Cl)cc2)C=C/C1=N/ON. The second kappa shape index (κ2) is 6.74. The highest BCUT2D eigenvalue weighted by Crippen LogP contribution is 2.14. The van der Waals surface area contributed by atoms with E-state index in [2.05, 4.69) is 27.3 Å². The maximum atomic E-state index is 11.8. The molecule has 6 nitrogen and oxygen atoms in total. The number of hydrogen-bond acceptors (Lipinski definition) is 4. The average molecular weight is 305 g/mol. The number of rotatable bonds is 3. The van der Waals surface area contributed by atoms with Gasteiger partial charge in [-0.2, -0.15) is 0 Å². The number of nitrogens with two attached hydrogens (primary N) is 1. The lowest BCUT2D eigenvalue weighted by molar-refractivity contribution is 0.149. The number of amides is 2. The normalized spacial score (nSPS) is 15.6. The van der Waals surface area contributed by atoms with Gasteiger partial charge in [0.25, 0.3) is 0 Å². The van der Waals surface area contributed by atoms with E-state index >= 15 is 0 Å². The van der Waals surface area contributed by atoms with Crippen LogP contribution in [0.2, 0.25) is 5.02 Å². The molecule has 2 rings (SSSR count). The maximum Gasteiger partial charge on any atom is 0.323 e. The molecular formula is C14H13ClN4O2. The molecule has 2 amide bonds. The monoisotopic (exact) mass is 304 g/mol. The number of benzene rings is 1. The van der Waals surface area contributed by atoms with Crippen molar-refractivity contribution in [1.82, 2.24) is 5.32 Å². The van der Waals surface area contributed by atoms with Crippen molar-refractivity contribution in [3.8, 4) is 0 Å². The highest BCUT2D eigenvalue weighted by atomic mass is 35.5. The largest absolute Gasteiger partial charge is 0.323 e. The third-order valence-corrected chi connectivity index (χ3v) is 2.84. The molecule has 4 N–H and O–H groups in total. The molecule has 7 heteroatoms. The van der Waals surface area contributed by atoms with E-state index in [4.69, 9.17) is 17.5 Å². The number of nitrogens with one attached hydrogen (secondary N) is 2. The summed E-state index contributed by atoms with van der Waals surface area (Å²) in [5, 5.41) is 9.54. The predicted octanol–water partition coefficient (Wildman–Crippen LogP) is 2.72. The molecule has 1 aliphatic carbocycles. The van der Waals surface area contributed by atoms with Gasteiger partial charge in [-0.3, -0.25) is 0 Å². The van der Waals surface area contributed by atoms with Crippen molar-refractivity contribution >= 4 is 29.0 Å². The predicted molar refractivity (Wildman–Crippen MR) is 82.7 cm³/mol. The Morgan fingerprint density at radius 3 is 2.57 bits per heavy atom. The fourth-order valence-electron chi connectivity index (χ4n) is 1.64. The van der Waals surface area contributed by atoms with E-state index in [1.807, 2.05) is 0 Å². The Morgan fingerprint density at radius 2 is 1.95 bits per heavy atom. The fraction of sp³-hybridized carbons (Fsp3) is 0. The van der Waals surface area contributed by atoms with Crippen LogP contribution in [0.25, 0.3) is 0 Å². The van der Waals surface area contributed by atoms with Crippen molar-refractivity contribution < 1.29 is 9.73 Å². The number of hydrogen-bond donors (Lipinski definition) is 3. The van der Waals surface area contributed by atoms with E-state index in [1.165, 1.54) is 0 Å². The summed E-state index contributed by atoms with van der Waals surface area (Å²) in [5.41, 5.74) is 2.27. The molecular weight excluding hydrogens is 292 g/mol. The van der Waals surface area contributed by atoms with Crippen LogP contribution in [0.5, 0.6) is 0 Å². The molecule has 1 aromatic rings. The highest BCUT2D eigenvalue weighted by Gasteiger charge is 2.10. The summed E-state index contributed by atoms with van der Waals surface area (Å²) in [5.74, 6) is 4.86. The number of allylic oxidation sites excluding steroid dienone is 4. The van der Waals surface area contributed by atoms with Crippen molar-refractivity contribution in [3.63, 3.8) is 0 Å². The molecule has 0 bridgehead atoms. The van der Waals surface area contributed by atoms with Gasteiger partial charge in [0.2, 0.25) is 0 Å². The Labute approximate surface area is 126 Å². The number of carbonyl (C=O) groups is 1. The molecule has 21 heavy (non-hydrogen) atoms. The first kappa shape index (κ1) is 14.8. The van der Waals surface area contributed by atoms with Gasteiger partial charge >= 0.3 is 6.03 Å². The molecule has 0 heterocycles. The third-order valence-electron chi connectivity index (χ3n) is 2.59. The minimum Gasteiger partial charge on any atom is -0.308 e. The molecule has 0 aliphatic heterocycles. The lowest BCUT2D eigenvalue weighted by Gasteiger charge is -2.12. The topological polar surface area (TPSA) is 88.7 Å². The Kier molecular flexibility index (Phi) is 4.76. The average Bonchev–Trinajstić information content (AvgIpc) is 2.44. The molecule has 0 radical (unpaired) electrons. The van der Waals surface area contributed by atoms with Gasteiger partial charge in [-0.1, -0.05) is 23.3 Å². The molecule has 0 saturated heterocycles. The van der Waals surface area contributed by atoms with Crippen LogP contribution in [0.4, 0.5) is 10.5 Å². The van der Waals surface area contributed by atoms with Gasteiger partial charge in [0, 0.05) is 16.4 Å². The minimum atomic E-state index is -0.378. The van der Waals surface area contributed by atoms with E-state index in [0.717, 1.165) is 0 Å². The van der Waals surface area contributed by atoms with Crippen LogP contribution < -0.4 is 16.5 Å². The second-order valence-electron chi connectivity index (χ2n) is 4.13. The van der Waals surface area contributed by atoms with Crippen LogP contribution in [-0.4, -0.2) is 11.7 Å². The highest BCUT2D eigenvalue weighted by molar-refractivity contribution is 6.30. The summed E-state index contributed by atoms with van der Waals surface area (Å²) in [6.07, 6.45) is 4.94. The Hall–Kier alpha value is -2.57. The van der Waals surface area contributed by atoms with Crippen LogP contribution in [0.3, 0.4) is 0 Å². The van der Waals surface area contributed by atoms with Crippen LogP contribution in [-0.2, 0) is 4.94 Å². The number of carbonyl (C=O) groups excluding carboxylic acids is 1. The van der Waals surface area contributed by atoms with Gasteiger partial charge < -0.3 is 15.6 Å². The van der Waals surface area contributed by atoms with E-state index < -0.39 is 0 Å². The molecule has 0 unspecified atom stereocenters. The van der Waals surface area contributed by atoms with E-state index in [9.17, 15) is 4.79 Å². The van der Waals surface area contributed by atoms with Gasteiger partial charge in [0.1, 0.15) is 5.71 Å². The Morgan fingerprint density at radius 1 is 1.24 bits per heavy atom. The fourth-order valence-corrected chi connectivity index (χ4v) is 1.76. The molecule has 1 aromatic carbocycles. The van der Waals surface area contributed by atoms with Crippen LogP contribution in [0.15, 0.2) is 65.5 Å². The number of nitrogens with zero attached hydrogens (tertiary/aromatic N) is 1. The van der Waals surface area contributed by atoms with E-state index in [1.54, 1.807) is 42.5 Å². The third kappa shape index (κ3) is 4.20. The van der Waals surface area contributed by atoms with Crippen molar-refractivity contribution in [1.29, 1.82) is 0 Å². The van der Waals surface area contributed by atoms with Crippen LogP contribution in [0.1, 0.15) is 0 Å². The zero-order valence-electron chi connectivity index (χ0n) is 11.0. The molecule has 0 atom stereocenters. The van der Waals surface area contributed by atoms with Gasteiger partial charge in [0.05, 0.1) is 0 Å². The first-order valence-corrected chi connectivity index (χ1v) is 6.33. The molecule has 0 saturated carbocycles.